The van der Waals surface area contributed by atoms with Gasteiger partial charge in [0, 0.05) is 24.8 Å². The van der Waals surface area contributed by atoms with Crippen molar-refractivity contribution in [3.63, 3.8) is 0 Å². The van der Waals surface area contributed by atoms with Gasteiger partial charge in [0.25, 0.3) is 0 Å². The molecule has 2 aromatic rings. The summed E-state index contributed by atoms with van der Waals surface area (Å²) >= 11 is 0. The molecule has 2 atom stereocenters. The number of fused-ring (bicyclic) bond motifs is 2. The van der Waals surface area contributed by atoms with Gasteiger partial charge in [-0.05, 0) is 92.2 Å². The van der Waals surface area contributed by atoms with Crippen LogP contribution in [0.3, 0.4) is 0 Å². The molecule has 34 heavy (non-hydrogen) atoms. The zero-order chi connectivity index (χ0) is 24.2. The van der Waals surface area contributed by atoms with Gasteiger partial charge in [-0.25, -0.2) is 0 Å². The highest BCUT2D eigenvalue weighted by Crippen LogP contribution is 2.42. The van der Waals surface area contributed by atoms with Crippen LogP contribution in [0.25, 0.3) is 0 Å². The van der Waals surface area contributed by atoms with E-state index in [0.717, 1.165) is 68.0 Å². The van der Waals surface area contributed by atoms with E-state index in [1.165, 1.54) is 16.7 Å². The summed E-state index contributed by atoms with van der Waals surface area (Å²) < 4.78 is 21.8. The predicted molar refractivity (Wildman–Crippen MR) is 133 cm³/mol. The number of aryl methyl sites for hydroxylation is 1. The minimum absolute atomic E-state index is 0.124. The highest BCUT2D eigenvalue weighted by Gasteiger charge is 2.30. The predicted octanol–water partition coefficient (Wildman–Crippen LogP) is 4.45. The second-order valence-electron chi connectivity index (χ2n) is 9.57. The zero-order valence-corrected chi connectivity index (χ0v) is 21.1. The highest BCUT2D eigenvalue weighted by molar-refractivity contribution is 5.84. The van der Waals surface area contributed by atoms with E-state index in [2.05, 4.69) is 24.1 Å². The zero-order valence-electron chi connectivity index (χ0n) is 21.1. The lowest BCUT2D eigenvalue weighted by Crippen LogP contribution is -2.32. The molecule has 0 spiro atoms. The van der Waals surface area contributed by atoms with Crippen molar-refractivity contribution in [2.24, 2.45) is 5.92 Å². The van der Waals surface area contributed by atoms with Crippen LogP contribution in [0.15, 0.2) is 24.3 Å². The molecule has 2 aliphatic carbocycles. The summed E-state index contributed by atoms with van der Waals surface area (Å²) in [7, 11) is 8.84. The Labute approximate surface area is 203 Å². The number of carbonyl (C=O) groups is 1. The number of likely N-dealkylation sites (N-methyl/N-ethyl adjacent to an activating group) is 1. The maximum Gasteiger partial charge on any atom is 0.161 e. The van der Waals surface area contributed by atoms with Gasteiger partial charge in [0.05, 0.1) is 28.4 Å². The van der Waals surface area contributed by atoms with Crippen LogP contribution >= 0.6 is 0 Å². The number of Topliss-reactive ketones (excluding diaryl/α,β-unsaturated/α-hetero) is 1. The molecule has 6 heteroatoms. The second-order valence-corrected chi connectivity index (χ2v) is 9.57. The summed E-state index contributed by atoms with van der Waals surface area (Å²) in [6.07, 6.45) is 5.35. The molecule has 0 N–H and O–H groups in total. The summed E-state index contributed by atoms with van der Waals surface area (Å²) in [6, 6.07) is 8.25. The van der Waals surface area contributed by atoms with Gasteiger partial charge in [-0.1, -0.05) is 0 Å². The molecule has 0 aromatic heterocycles. The molecule has 6 nitrogen and oxygen atoms in total. The average Bonchev–Trinajstić information content (AvgIpc) is 2.98. The Kier molecular flexibility index (Phi) is 7.67. The maximum absolute atomic E-state index is 13.0. The Balaban J connectivity index is 1.28. The molecule has 0 saturated carbocycles. The van der Waals surface area contributed by atoms with Crippen molar-refractivity contribution >= 4 is 5.78 Å². The molecule has 0 aliphatic heterocycles. The molecule has 0 heterocycles. The molecule has 0 amide bonds. The third kappa shape index (κ3) is 5.02. The monoisotopic (exact) mass is 467 g/mol. The first kappa shape index (κ1) is 24.4. The van der Waals surface area contributed by atoms with E-state index >= 15 is 0 Å². The van der Waals surface area contributed by atoms with E-state index in [4.69, 9.17) is 18.9 Å². The fourth-order valence-corrected chi connectivity index (χ4v) is 5.46. The molecular formula is C28H37NO5. The number of hydrogen-bond acceptors (Lipinski definition) is 6. The smallest absolute Gasteiger partial charge is 0.161 e. The number of rotatable bonds is 10. The molecule has 184 valence electrons. The lowest BCUT2D eigenvalue weighted by molar-refractivity contribution is -0.122. The van der Waals surface area contributed by atoms with Gasteiger partial charge in [-0.15, -0.1) is 0 Å². The molecule has 0 radical (unpaired) electrons. The average molecular weight is 468 g/mol. The molecule has 2 aromatic carbocycles. The van der Waals surface area contributed by atoms with Crippen LogP contribution in [0.2, 0.25) is 0 Å². The van der Waals surface area contributed by atoms with Crippen LogP contribution in [0.1, 0.15) is 47.4 Å². The fraction of sp³-hybridized carbons (Fsp3) is 0.536. The number of benzene rings is 2. The topological polar surface area (TPSA) is 57.2 Å². The SMILES string of the molecule is COc1cc2c(cc1OC)CC(=O)C(CCCN(C)C[C@@H]1Cc3cc(OC)c(OC)cc31)CC2. The molecule has 0 saturated heterocycles. The largest absolute Gasteiger partial charge is 0.493 e. The van der Waals surface area contributed by atoms with E-state index in [9.17, 15) is 4.79 Å². The molecule has 2 aliphatic rings. The van der Waals surface area contributed by atoms with Crippen molar-refractivity contribution in [1.82, 2.24) is 4.90 Å². The van der Waals surface area contributed by atoms with Crippen LogP contribution in [0.4, 0.5) is 0 Å². The van der Waals surface area contributed by atoms with E-state index in [0.29, 0.717) is 23.9 Å². The van der Waals surface area contributed by atoms with E-state index in [1.54, 1.807) is 28.4 Å². The number of ether oxygens (including phenoxy) is 4. The first-order valence-corrected chi connectivity index (χ1v) is 12.2. The third-order valence-corrected chi connectivity index (χ3v) is 7.46. The Hall–Kier alpha value is -2.73. The maximum atomic E-state index is 13.0. The van der Waals surface area contributed by atoms with E-state index in [1.807, 2.05) is 12.1 Å². The van der Waals surface area contributed by atoms with Gasteiger partial charge in [-0.2, -0.15) is 0 Å². The summed E-state index contributed by atoms with van der Waals surface area (Å²) in [5.41, 5.74) is 5.01. The number of nitrogens with zero attached hydrogens (tertiary/aromatic N) is 1. The third-order valence-electron chi connectivity index (χ3n) is 7.46. The number of carbonyl (C=O) groups excluding carboxylic acids is 1. The van der Waals surface area contributed by atoms with Crippen LogP contribution in [-0.4, -0.2) is 59.3 Å². The van der Waals surface area contributed by atoms with E-state index in [-0.39, 0.29) is 5.92 Å². The van der Waals surface area contributed by atoms with Crippen molar-refractivity contribution < 1.29 is 23.7 Å². The minimum Gasteiger partial charge on any atom is -0.493 e. The van der Waals surface area contributed by atoms with Gasteiger partial charge in [0.2, 0.25) is 0 Å². The summed E-state index contributed by atoms with van der Waals surface area (Å²) in [6.45, 7) is 2.02. The minimum atomic E-state index is 0.124. The van der Waals surface area contributed by atoms with Crippen molar-refractivity contribution in [1.29, 1.82) is 0 Å². The Bertz CT molecular complexity index is 1030. The van der Waals surface area contributed by atoms with Crippen LogP contribution in [0.5, 0.6) is 23.0 Å². The Morgan fingerprint density at radius 3 is 2.06 bits per heavy atom. The quantitative estimate of drug-likeness (QED) is 0.482. The highest BCUT2D eigenvalue weighted by atomic mass is 16.5. The van der Waals surface area contributed by atoms with Crippen LogP contribution < -0.4 is 18.9 Å². The van der Waals surface area contributed by atoms with E-state index < -0.39 is 0 Å². The summed E-state index contributed by atoms with van der Waals surface area (Å²) in [5.74, 6) is 4.04. The van der Waals surface area contributed by atoms with Crippen molar-refractivity contribution in [2.75, 3.05) is 48.6 Å². The normalized spacial score (nSPS) is 19.1. The van der Waals surface area contributed by atoms with Crippen molar-refractivity contribution in [3.05, 3.63) is 46.5 Å². The Morgan fingerprint density at radius 2 is 1.41 bits per heavy atom. The first-order chi connectivity index (χ1) is 16.5. The van der Waals surface area contributed by atoms with Gasteiger partial charge in [-0.3, -0.25) is 4.79 Å². The first-order valence-electron chi connectivity index (χ1n) is 12.2. The lowest BCUT2D eigenvalue weighted by atomic mass is 9.77. The number of methoxy groups -OCH3 is 4. The Morgan fingerprint density at radius 1 is 0.824 bits per heavy atom. The van der Waals surface area contributed by atoms with Gasteiger partial charge >= 0.3 is 0 Å². The van der Waals surface area contributed by atoms with Gasteiger partial charge < -0.3 is 23.8 Å². The van der Waals surface area contributed by atoms with Crippen molar-refractivity contribution in [3.8, 4) is 23.0 Å². The molecular weight excluding hydrogens is 430 g/mol. The molecule has 0 fully saturated rings. The number of ketones is 1. The molecule has 0 bridgehead atoms. The summed E-state index contributed by atoms with van der Waals surface area (Å²) in [4.78, 5) is 15.4. The summed E-state index contributed by atoms with van der Waals surface area (Å²) in [5, 5.41) is 0. The van der Waals surface area contributed by atoms with Crippen LogP contribution in [0, 0.1) is 5.92 Å². The molecule has 4 rings (SSSR count). The lowest BCUT2D eigenvalue weighted by Gasteiger charge is -2.34. The standard InChI is InChI=1S/C28H37NO5/c1-29(17-22-11-21-15-27(33-4)28(34-5)16-23(21)22)10-6-7-18-8-9-19-13-25(31-2)26(32-3)14-20(19)12-24(18)30/h13-16,18,22H,6-12,17H2,1-5H3/t18?,22-/m0/s1. The second kappa shape index (κ2) is 10.7. The number of hydrogen-bond donors (Lipinski definition) is 0. The fourth-order valence-electron chi connectivity index (χ4n) is 5.46. The van der Waals surface area contributed by atoms with Crippen molar-refractivity contribution in [2.45, 2.75) is 44.4 Å². The van der Waals surface area contributed by atoms with Gasteiger partial charge in [0.1, 0.15) is 5.78 Å². The van der Waals surface area contributed by atoms with Crippen LogP contribution in [-0.2, 0) is 24.1 Å². The van der Waals surface area contributed by atoms with Gasteiger partial charge in [0.15, 0.2) is 23.0 Å². The molecule has 1 unspecified atom stereocenters.